The van der Waals surface area contributed by atoms with E-state index in [0.29, 0.717) is 25.3 Å². The highest BCUT2D eigenvalue weighted by atomic mass is 32.2. The lowest BCUT2D eigenvalue weighted by atomic mass is 10.1. The molecule has 1 aliphatic rings. The average molecular weight is 429 g/mol. The number of hydrogen-bond acceptors (Lipinski definition) is 4. The number of likely N-dealkylation sites (tertiary alicyclic amines) is 1. The normalized spacial score (nSPS) is 15.5. The zero-order chi connectivity index (χ0) is 21.0. The number of nitrogens with zero attached hydrogens (tertiary/aromatic N) is 1. The predicted molar refractivity (Wildman–Crippen MR) is 122 cm³/mol. The van der Waals surface area contributed by atoms with Crippen LogP contribution in [0.25, 0.3) is 0 Å². The van der Waals surface area contributed by atoms with Gasteiger partial charge in [0, 0.05) is 18.7 Å². The van der Waals surface area contributed by atoms with Crippen LogP contribution in [0.2, 0.25) is 0 Å². The minimum atomic E-state index is -1.19. The first kappa shape index (κ1) is 22.7. The second-order valence-corrected chi connectivity index (χ2v) is 9.21. The standard InChI is InChI=1S/C24H32N2O3S/c27-24(20-30(28)19-21-9-3-1-4-10-21)25-13-8-16-29-23-12-7-11-22(17-23)18-26-14-5-2-6-15-26/h1,3-4,7,9-12,17H,2,5-6,8,13-16,18-20H2,(H,25,27). The number of benzene rings is 2. The molecular weight excluding hydrogens is 396 g/mol. The van der Waals surface area contributed by atoms with Gasteiger partial charge in [0.05, 0.1) is 6.61 Å². The summed E-state index contributed by atoms with van der Waals surface area (Å²) in [5, 5.41) is 2.83. The predicted octanol–water partition coefficient (Wildman–Crippen LogP) is 3.51. The fourth-order valence-electron chi connectivity index (χ4n) is 3.61. The Morgan fingerprint density at radius 3 is 2.60 bits per heavy atom. The Morgan fingerprint density at radius 2 is 1.80 bits per heavy atom. The van der Waals surface area contributed by atoms with E-state index in [4.69, 9.17) is 4.74 Å². The van der Waals surface area contributed by atoms with Crippen molar-refractivity contribution in [2.45, 2.75) is 38.0 Å². The monoisotopic (exact) mass is 428 g/mol. The van der Waals surface area contributed by atoms with Crippen LogP contribution in [0.5, 0.6) is 5.75 Å². The smallest absolute Gasteiger partial charge is 0.269 e. The quantitative estimate of drug-likeness (QED) is 0.439. The summed E-state index contributed by atoms with van der Waals surface area (Å²) in [6, 6.07) is 17.9. The number of piperidine rings is 1. The molecule has 1 aliphatic heterocycles. The summed E-state index contributed by atoms with van der Waals surface area (Å²) in [6.07, 6.45) is 4.65. The van der Waals surface area contributed by atoms with Crippen molar-refractivity contribution in [2.75, 3.05) is 32.0 Å². The summed E-state index contributed by atoms with van der Waals surface area (Å²) in [6.45, 7) is 4.41. The first-order valence-electron chi connectivity index (χ1n) is 10.8. The van der Waals surface area contributed by atoms with Gasteiger partial charge in [-0.25, -0.2) is 0 Å². The number of carbonyl (C=O) groups excluding carboxylic acids is 1. The lowest BCUT2D eigenvalue weighted by molar-refractivity contribution is -0.118. The van der Waals surface area contributed by atoms with Crippen molar-refractivity contribution in [3.63, 3.8) is 0 Å². The Morgan fingerprint density at radius 1 is 1.03 bits per heavy atom. The molecule has 1 N–H and O–H groups in total. The number of ether oxygens (including phenoxy) is 1. The van der Waals surface area contributed by atoms with E-state index in [1.165, 1.54) is 37.9 Å². The molecular formula is C24H32N2O3S. The summed E-state index contributed by atoms with van der Waals surface area (Å²) < 4.78 is 17.9. The zero-order valence-electron chi connectivity index (χ0n) is 17.6. The highest BCUT2D eigenvalue weighted by Gasteiger charge is 2.14. The Labute approximate surface area is 183 Å². The summed E-state index contributed by atoms with van der Waals surface area (Å²) >= 11 is -1.19. The fraction of sp³-hybridized carbons (Fsp3) is 0.458. The minimum absolute atomic E-state index is 0.0360. The molecule has 1 heterocycles. The molecule has 1 unspecified atom stereocenters. The molecule has 0 radical (unpaired) electrons. The van der Waals surface area contributed by atoms with E-state index >= 15 is 0 Å². The van der Waals surface area contributed by atoms with Gasteiger partial charge in [0.2, 0.25) is 0 Å². The largest absolute Gasteiger partial charge is 0.616 e. The lowest BCUT2D eigenvalue weighted by Gasteiger charge is -2.26. The number of hydrogen-bond donors (Lipinski definition) is 1. The molecule has 1 amide bonds. The van der Waals surface area contributed by atoms with Crippen molar-refractivity contribution in [1.82, 2.24) is 10.2 Å². The van der Waals surface area contributed by atoms with Crippen molar-refractivity contribution in [3.8, 4) is 5.75 Å². The third kappa shape index (κ3) is 8.38. The van der Waals surface area contributed by atoms with Crippen molar-refractivity contribution in [1.29, 1.82) is 0 Å². The first-order chi connectivity index (χ1) is 14.7. The van der Waals surface area contributed by atoms with Gasteiger partial charge in [-0.15, -0.1) is 0 Å². The summed E-state index contributed by atoms with van der Waals surface area (Å²) in [5.74, 6) is 1.15. The van der Waals surface area contributed by atoms with Gasteiger partial charge in [-0.3, -0.25) is 9.69 Å². The van der Waals surface area contributed by atoms with Crippen LogP contribution in [0.15, 0.2) is 54.6 Å². The van der Waals surface area contributed by atoms with Crippen LogP contribution in [-0.2, 0) is 28.3 Å². The number of carbonyl (C=O) groups is 1. The molecule has 0 saturated carbocycles. The topological polar surface area (TPSA) is 64.6 Å². The molecule has 30 heavy (non-hydrogen) atoms. The van der Waals surface area contributed by atoms with Gasteiger partial charge >= 0.3 is 0 Å². The molecule has 1 saturated heterocycles. The van der Waals surface area contributed by atoms with E-state index < -0.39 is 11.2 Å². The van der Waals surface area contributed by atoms with Gasteiger partial charge in [-0.2, -0.15) is 0 Å². The molecule has 5 nitrogen and oxygen atoms in total. The van der Waals surface area contributed by atoms with E-state index in [1.54, 1.807) is 0 Å². The fourth-order valence-corrected chi connectivity index (χ4v) is 4.67. The number of rotatable bonds is 11. The highest BCUT2D eigenvalue weighted by Crippen LogP contribution is 2.17. The molecule has 0 spiro atoms. The van der Waals surface area contributed by atoms with Crippen molar-refractivity contribution >= 4 is 17.1 Å². The summed E-state index contributed by atoms with van der Waals surface area (Å²) in [5.41, 5.74) is 2.27. The minimum Gasteiger partial charge on any atom is -0.616 e. The third-order valence-electron chi connectivity index (χ3n) is 5.13. The van der Waals surface area contributed by atoms with Crippen molar-refractivity contribution in [3.05, 3.63) is 65.7 Å². The zero-order valence-corrected chi connectivity index (χ0v) is 18.4. The van der Waals surface area contributed by atoms with Crippen LogP contribution in [0.1, 0.15) is 36.8 Å². The second kappa shape index (κ2) is 12.6. The van der Waals surface area contributed by atoms with Crippen LogP contribution < -0.4 is 10.1 Å². The Kier molecular flexibility index (Phi) is 9.54. The van der Waals surface area contributed by atoms with Crippen LogP contribution >= 0.6 is 0 Å². The molecule has 2 aromatic carbocycles. The van der Waals surface area contributed by atoms with Crippen molar-refractivity contribution in [2.24, 2.45) is 0 Å². The maximum absolute atomic E-state index is 12.1. The van der Waals surface area contributed by atoms with Crippen LogP contribution in [0, 0.1) is 0 Å². The molecule has 162 valence electrons. The molecule has 6 heteroatoms. The number of nitrogens with one attached hydrogen (secondary N) is 1. The molecule has 1 fully saturated rings. The lowest BCUT2D eigenvalue weighted by Crippen LogP contribution is -2.32. The molecule has 0 aromatic heterocycles. The van der Waals surface area contributed by atoms with E-state index in [2.05, 4.69) is 22.3 Å². The van der Waals surface area contributed by atoms with Gasteiger partial charge in [0.25, 0.3) is 5.91 Å². The van der Waals surface area contributed by atoms with E-state index in [9.17, 15) is 9.35 Å². The molecule has 0 bridgehead atoms. The maximum atomic E-state index is 12.1. The van der Waals surface area contributed by atoms with Gasteiger partial charge in [-0.05, 0) is 61.2 Å². The van der Waals surface area contributed by atoms with Gasteiger partial charge in [0.1, 0.15) is 11.5 Å². The summed E-state index contributed by atoms with van der Waals surface area (Å²) in [7, 11) is 0. The third-order valence-corrected chi connectivity index (χ3v) is 6.37. The van der Waals surface area contributed by atoms with Crippen LogP contribution in [0.4, 0.5) is 0 Å². The second-order valence-electron chi connectivity index (χ2n) is 7.75. The van der Waals surface area contributed by atoms with E-state index in [0.717, 1.165) is 17.9 Å². The van der Waals surface area contributed by atoms with Crippen LogP contribution in [-0.4, -0.2) is 47.4 Å². The number of amides is 1. The SMILES string of the molecule is O=C(C[S+]([O-])Cc1ccccc1)NCCCOc1cccc(CN2CCCCC2)c1. The van der Waals surface area contributed by atoms with E-state index in [1.807, 2.05) is 42.5 Å². The van der Waals surface area contributed by atoms with E-state index in [-0.39, 0.29) is 11.7 Å². The Bertz CT molecular complexity index is 766. The van der Waals surface area contributed by atoms with Crippen LogP contribution in [0.3, 0.4) is 0 Å². The van der Waals surface area contributed by atoms with Gasteiger partial charge in [0.15, 0.2) is 5.75 Å². The average Bonchev–Trinajstić information content (AvgIpc) is 2.75. The molecule has 2 aromatic rings. The first-order valence-corrected chi connectivity index (χ1v) is 12.3. The highest BCUT2D eigenvalue weighted by molar-refractivity contribution is 7.91. The Hall–Kier alpha value is -2.02. The molecule has 0 aliphatic carbocycles. The maximum Gasteiger partial charge on any atom is 0.269 e. The Balaban J connectivity index is 1.29. The van der Waals surface area contributed by atoms with Gasteiger partial charge in [-0.1, -0.05) is 48.9 Å². The van der Waals surface area contributed by atoms with Crippen molar-refractivity contribution < 1.29 is 14.1 Å². The van der Waals surface area contributed by atoms with Gasteiger partial charge < -0.3 is 14.6 Å². The molecule has 3 rings (SSSR count). The summed E-state index contributed by atoms with van der Waals surface area (Å²) in [4.78, 5) is 14.5. The molecule has 1 atom stereocenters.